The first kappa shape index (κ1) is 15.3. The Balaban J connectivity index is 1.80. The molecule has 1 aromatic carbocycles. The molecule has 2 rings (SSSR count). The van der Waals surface area contributed by atoms with Gasteiger partial charge in [0.15, 0.2) is 0 Å². The number of benzene rings is 1. The molecular formula is C17H28N2O. The van der Waals surface area contributed by atoms with Gasteiger partial charge in [-0.2, -0.15) is 0 Å². The summed E-state index contributed by atoms with van der Waals surface area (Å²) in [5.74, 6) is 1.01. The maximum absolute atomic E-state index is 5.70. The van der Waals surface area contributed by atoms with Crippen molar-refractivity contribution >= 4 is 0 Å². The molecule has 3 heteroatoms. The van der Waals surface area contributed by atoms with Gasteiger partial charge in [-0.15, -0.1) is 0 Å². The molecule has 0 bridgehead atoms. The molecule has 1 fully saturated rings. The Kier molecular flexibility index (Phi) is 6.34. The smallest absolute Gasteiger partial charge is 0.124 e. The van der Waals surface area contributed by atoms with Crippen molar-refractivity contribution in [2.45, 2.75) is 39.2 Å². The number of hydrogen-bond donors (Lipinski definition) is 1. The van der Waals surface area contributed by atoms with E-state index in [0.29, 0.717) is 6.04 Å². The molecule has 1 unspecified atom stereocenters. The zero-order valence-corrected chi connectivity index (χ0v) is 12.9. The van der Waals surface area contributed by atoms with Crippen LogP contribution in [0.2, 0.25) is 0 Å². The second kappa shape index (κ2) is 8.28. The maximum atomic E-state index is 5.70. The minimum Gasteiger partial charge on any atom is -0.494 e. The van der Waals surface area contributed by atoms with Crippen LogP contribution in [0.4, 0.5) is 0 Å². The number of likely N-dealkylation sites (tertiary alicyclic amines) is 1. The molecule has 1 N–H and O–H groups in total. The van der Waals surface area contributed by atoms with Crippen LogP contribution in [0.3, 0.4) is 0 Å². The fourth-order valence-electron chi connectivity index (χ4n) is 2.86. The molecule has 0 saturated carbocycles. The summed E-state index contributed by atoms with van der Waals surface area (Å²) in [5.41, 5.74) is 1.26. The van der Waals surface area contributed by atoms with Crippen LogP contribution < -0.4 is 10.1 Å². The predicted octanol–water partition coefficient (Wildman–Crippen LogP) is 3.22. The van der Waals surface area contributed by atoms with Crippen LogP contribution in [-0.2, 0) is 0 Å². The van der Waals surface area contributed by atoms with Gasteiger partial charge < -0.3 is 15.0 Å². The molecule has 1 saturated heterocycles. The molecule has 112 valence electrons. The summed E-state index contributed by atoms with van der Waals surface area (Å²) >= 11 is 0. The predicted molar refractivity (Wildman–Crippen MR) is 84.3 cm³/mol. The summed E-state index contributed by atoms with van der Waals surface area (Å²) in [7, 11) is 0. The molecule has 0 aromatic heterocycles. The second-order valence-electron chi connectivity index (χ2n) is 5.55. The molecule has 0 aliphatic carbocycles. The minimum atomic E-state index is 0.336. The van der Waals surface area contributed by atoms with Crippen molar-refractivity contribution in [1.29, 1.82) is 0 Å². The van der Waals surface area contributed by atoms with Crippen LogP contribution in [0, 0.1) is 0 Å². The molecule has 1 aromatic rings. The van der Waals surface area contributed by atoms with Crippen LogP contribution in [0.1, 0.15) is 44.7 Å². The quantitative estimate of drug-likeness (QED) is 0.827. The van der Waals surface area contributed by atoms with E-state index in [9.17, 15) is 0 Å². The lowest BCUT2D eigenvalue weighted by atomic mass is 10.1. The number of para-hydroxylation sites is 1. The van der Waals surface area contributed by atoms with E-state index in [1.807, 2.05) is 13.0 Å². The largest absolute Gasteiger partial charge is 0.494 e. The average Bonchev–Trinajstić information content (AvgIpc) is 2.49. The maximum Gasteiger partial charge on any atom is 0.124 e. The number of nitrogens with zero attached hydrogens (tertiary/aromatic N) is 1. The first-order chi connectivity index (χ1) is 9.81. The van der Waals surface area contributed by atoms with Gasteiger partial charge in [0, 0.05) is 24.7 Å². The molecule has 0 radical (unpaired) electrons. The van der Waals surface area contributed by atoms with E-state index >= 15 is 0 Å². The van der Waals surface area contributed by atoms with Gasteiger partial charge in [-0.25, -0.2) is 0 Å². The summed E-state index contributed by atoms with van der Waals surface area (Å²) in [6.45, 7) is 9.71. The summed E-state index contributed by atoms with van der Waals surface area (Å²) < 4.78 is 5.70. The lowest BCUT2D eigenvalue weighted by Gasteiger charge is -2.27. The molecule has 1 heterocycles. The SMILES string of the molecule is CCOc1ccccc1C(C)NCCN1CCCCC1. The number of nitrogens with one attached hydrogen (secondary N) is 1. The van der Waals surface area contributed by atoms with Crippen molar-refractivity contribution in [3.05, 3.63) is 29.8 Å². The third-order valence-electron chi connectivity index (χ3n) is 4.01. The standard InChI is InChI=1S/C17H28N2O/c1-3-20-17-10-6-5-9-16(17)15(2)18-11-14-19-12-7-4-8-13-19/h5-6,9-10,15,18H,3-4,7-8,11-14H2,1-2H3. The highest BCUT2D eigenvalue weighted by atomic mass is 16.5. The summed E-state index contributed by atoms with van der Waals surface area (Å²) in [4.78, 5) is 2.57. The Morgan fingerprint density at radius 3 is 2.70 bits per heavy atom. The first-order valence-electron chi connectivity index (χ1n) is 7.98. The van der Waals surface area contributed by atoms with Gasteiger partial charge in [0.25, 0.3) is 0 Å². The van der Waals surface area contributed by atoms with Crippen molar-refractivity contribution in [3.8, 4) is 5.75 Å². The molecule has 1 atom stereocenters. The zero-order chi connectivity index (χ0) is 14.2. The monoisotopic (exact) mass is 276 g/mol. The van der Waals surface area contributed by atoms with E-state index < -0.39 is 0 Å². The summed E-state index contributed by atoms with van der Waals surface area (Å²) in [6.07, 6.45) is 4.13. The van der Waals surface area contributed by atoms with E-state index in [1.54, 1.807) is 0 Å². The number of piperidine rings is 1. The minimum absolute atomic E-state index is 0.336. The number of hydrogen-bond acceptors (Lipinski definition) is 3. The van der Waals surface area contributed by atoms with E-state index in [1.165, 1.54) is 37.9 Å². The first-order valence-corrected chi connectivity index (χ1v) is 7.98. The Morgan fingerprint density at radius 1 is 1.20 bits per heavy atom. The van der Waals surface area contributed by atoms with Gasteiger partial charge in [-0.1, -0.05) is 24.6 Å². The van der Waals surface area contributed by atoms with Crippen molar-refractivity contribution in [2.24, 2.45) is 0 Å². The van der Waals surface area contributed by atoms with Crippen LogP contribution in [0.5, 0.6) is 5.75 Å². The summed E-state index contributed by atoms with van der Waals surface area (Å²) in [5, 5.41) is 3.62. The highest BCUT2D eigenvalue weighted by molar-refractivity contribution is 5.35. The van der Waals surface area contributed by atoms with Gasteiger partial charge >= 0.3 is 0 Å². The van der Waals surface area contributed by atoms with Crippen LogP contribution >= 0.6 is 0 Å². The van der Waals surface area contributed by atoms with Gasteiger partial charge in [0.2, 0.25) is 0 Å². The molecule has 1 aliphatic heterocycles. The molecule has 3 nitrogen and oxygen atoms in total. The Labute approximate surface area is 123 Å². The summed E-state index contributed by atoms with van der Waals surface area (Å²) in [6, 6.07) is 8.67. The Hall–Kier alpha value is -1.06. The lowest BCUT2D eigenvalue weighted by Crippen LogP contribution is -2.36. The third kappa shape index (κ3) is 4.50. The van der Waals surface area contributed by atoms with Gasteiger partial charge in [-0.05, 0) is 45.8 Å². The van der Waals surface area contributed by atoms with Gasteiger partial charge in [0.05, 0.1) is 6.61 Å². The fourth-order valence-corrected chi connectivity index (χ4v) is 2.86. The van der Waals surface area contributed by atoms with Crippen molar-refractivity contribution in [1.82, 2.24) is 10.2 Å². The van der Waals surface area contributed by atoms with E-state index in [0.717, 1.165) is 25.4 Å². The Bertz CT molecular complexity index is 388. The van der Waals surface area contributed by atoms with E-state index in [-0.39, 0.29) is 0 Å². The highest BCUT2D eigenvalue weighted by Gasteiger charge is 2.12. The Morgan fingerprint density at radius 2 is 1.95 bits per heavy atom. The normalized spacial score (nSPS) is 17.9. The van der Waals surface area contributed by atoms with Crippen LogP contribution in [-0.4, -0.2) is 37.7 Å². The lowest BCUT2D eigenvalue weighted by molar-refractivity contribution is 0.226. The number of rotatable bonds is 7. The van der Waals surface area contributed by atoms with Gasteiger partial charge in [-0.3, -0.25) is 0 Å². The third-order valence-corrected chi connectivity index (χ3v) is 4.01. The number of ether oxygens (including phenoxy) is 1. The van der Waals surface area contributed by atoms with Crippen LogP contribution in [0.15, 0.2) is 24.3 Å². The van der Waals surface area contributed by atoms with Crippen molar-refractivity contribution < 1.29 is 4.74 Å². The second-order valence-corrected chi connectivity index (χ2v) is 5.55. The zero-order valence-electron chi connectivity index (χ0n) is 12.9. The molecular weight excluding hydrogens is 248 g/mol. The molecule has 0 amide bonds. The molecule has 20 heavy (non-hydrogen) atoms. The van der Waals surface area contributed by atoms with E-state index in [2.05, 4.69) is 35.3 Å². The van der Waals surface area contributed by atoms with Crippen molar-refractivity contribution in [3.63, 3.8) is 0 Å². The average molecular weight is 276 g/mol. The van der Waals surface area contributed by atoms with Crippen molar-refractivity contribution in [2.75, 3.05) is 32.8 Å². The molecule has 1 aliphatic rings. The topological polar surface area (TPSA) is 24.5 Å². The van der Waals surface area contributed by atoms with Gasteiger partial charge in [0.1, 0.15) is 5.75 Å². The molecule has 0 spiro atoms. The van der Waals surface area contributed by atoms with Crippen LogP contribution in [0.25, 0.3) is 0 Å². The fraction of sp³-hybridized carbons (Fsp3) is 0.647. The van der Waals surface area contributed by atoms with E-state index in [4.69, 9.17) is 4.74 Å². The highest BCUT2D eigenvalue weighted by Crippen LogP contribution is 2.24.